The van der Waals surface area contributed by atoms with Crippen LogP contribution in [-0.2, 0) is 17.4 Å². The van der Waals surface area contributed by atoms with Crippen molar-refractivity contribution in [1.29, 1.82) is 0 Å². The second-order valence-corrected chi connectivity index (χ2v) is 6.46. The number of benzene rings is 1. The van der Waals surface area contributed by atoms with Gasteiger partial charge < -0.3 is 9.88 Å². The average molecular weight is 351 g/mol. The van der Waals surface area contributed by atoms with Crippen LogP contribution in [0.25, 0.3) is 0 Å². The molecule has 1 atom stereocenters. The van der Waals surface area contributed by atoms with Crippen molar-refractivity contribution in [3.05, 3.63) is 53.1 Å². The molecular weight excluding hydrogens is 331 g/mol. The van der Waals surface area contributed by atoms with E-state index in [0.717, 1.165) is 30.2 Å². The average Bonchev–Trinajstić information content (AvgIpc) is 3.07. The van der Waals surface area contributed by atoms with Gasteiger partial charge in [0.15, 0.2) is 0 Å². The first-order chi connectivity index (χ1) is 11.8. The van der Waals surface area contributed by atoms with E-state index < -0.39 is 11.9 Å². The van der Waals surface area contributed by atoms with Gasteiger partial charge in [-0.2, -0.15) is 13.2 Å². The Morgan fingerprint density at radius 3 is 2.80 bits per heavy atom. The Labute approximate surface area is 144 Å². The molecule has 0 bridgehead atoms. The summed E-state index contributed by atoms with van der Waals surface area (Å²) in [6, 6.07) is 7.71. The fraction of sp³-hybridized carbons (Fsp3) is 0.444. The predicted octanol–water partition coefficient (Wildman–Crippen LogP) is 3.69. The number of hydrogen-bond donors (Lipinski definition) is 1. The molecule has 7 heteroatoms. The zero-order valence-electron chi connectivity index (χ0n) is 13.9. The molecule has 0 saturated carbocycles. The summed E-state index contributed by atoms with van der Waals surface area (Å²) in [5.74, 6) is 0.119. The number of H-pyrrole nitrogens is 1. The number of aryl methyl sites for hydroxylation is 1. The molecule has 1 amide bonds. The van der Waals surface area contributed by atoms with Crippen LogP contribution in [0.2, 0.25) is 0 Å². The zero-order chi connectivity index (χ0) is 18.0. The highest BCUT2D eigenvalue weighted by molar-refractivity contribution is 5.79. The summed E-state index contributed by atoms with van der Waals surface area (Å²) >= 11 is 0. The Kier molecular flexibility index (Phi) is 4.83. The summed E-state index contributed by atoms with van der Waals surface area (Å²) in [7, 11) is 0. The van der Waals surface area contributed by atoms with Crippen LogP contribution in [0, 0.1) is 6.92 Å². The van der Waals surface area contributed by atoms with Crippen molar-refractivity contribution in [3.63, 3.8) is 0 Å². The van der Waals surface area contributed by atoms with Gasteiger partial charge in [0.25, 0.3) is 0 Å². The van der Waals surface area contributed by atoms with E-state index in [2.05, 4.69) is 9.97 Å². The molecule has 0 aliphatic carbocycles. The van der Waals surface area contributed by atoms with E-state index in [4.69, 9.17) is 0 Å². The number of likely N-dealkylation sites (tertiary alicyclic amines) is 1. The molecule has 2 heterocycles. The summed E-state index contributed by atoms with van der Waals surface area (Å²) in [5.41, 5.74) is 1.20. The number of nitrogens with zero attached hydrogens (tertiary/aromatic N) is 2. The van der Waals surface area contributed by atoms with Crippen molar-refractivity contribution in [1.82, 2.24) is 14.9 Å². The molecule has 25 heavy (non-hydrogen) atoms. The molecule has 1 N–H and O–H groups in total. The van der Waals surface area contributed by atoms with E-state index >= 15 is 0 Å². The number of nitrogens with one attached hydrogen (secondary N) is 1. The van der Waals surface area contributed by atoms with Crippen LogP contribution < -0.4 is 0 Å². The Bertz CT molecular complexity index is 754. The fourth-order valence-corrected chi connectivity index (χ4v) is 3.20. The van der Waals surface area contributed by atoms with E-state index in [1.165, 1.54) is 0 Å². The van der Waals surface area contributed by atoms with Crippen molar-refractivity contribution in [3.8, 4) is 0 Å². The summed E-state index contributed by atoms with van der Waals surface area (Å²) in [4.78, 5) is 20.6. The third kappa shape index (κ3) is 4.03. The molecule has 0 unspecified atom stereocenters. The second kappa shape index (κ2) is 6.90. The van der Waals surface area contributed by atoms with Crippen LogP contribution in [0.1, 0.15) is 41.4 Å². The Morgan fingerprint density at radius 2 is 2.12 bits per heavy atom. The molecule has 3 rings (SSSR count). The molecule has 1 saturated heterocycles. The lowest BCUT2D eigenvalue weighted by Gasteiger charge is -2.32. The standard InChI is InChI=1S/C18H20F3N3O/c1-12-5-2-3-6-13(12)9-16(25)24-8-4-7-14(11-24)17-22-10-15(23-17)18(19,20)21/h2-3,5-6,10,14H,4,7-9,11H2,1H3,(H,22,23)/t14-/m0/s1. The number of alkyl halides is 3. The van der Waals surface area contributed by atoms with Crippen molar-refractivity contribution >= 4 is 5.91 Å². The molecular formula is C18H20F3N3O. The normalized spacial score (nSPS) is 18.4. The van der Waals surface area contributed by atoms with E-state index in [-0.39, 0.29) is 11.8 Å². The minimum atomic E-state index is -4.43. The van der Waals surface area contributed by atoms with Crippen molar-refractivity contribution < 1.29 is 18.0 Å². The van der Waals surface area contributed by atoms with Gasteiger partial charge in [-0.3, -0.25) is 4.79 Å². The van der Waals surface area contributed by atoms with Gasteiger partial charge in [0.1, 0.15) is 11.5 Å². The van der Waals surface area contributed by atoms with E-state index in [1.807, 2.05) is 31.2 Å². The second-order valence-electron chi connectivity index (χ2n) is 6.46. The Balaban J connectivity index is 1.67. The number of rotatable bonds is 3. The third-order valence-electron chi connectivity index (χ3n) is 4.66. The van der Waals surface area contributed by atoms with E-state index in [9.17, 15) is 18.0 Å². The van der Waals surface area contributed by atoms with Crippen LogP contribution in [0.4, 0.5) is 13.2 Å². The molecule has 134 valence electrons. The molecule has 1 aromatic carbocycles. The van der Waals surface area contributed by atoms with Crippen molar-refractivity contribution in [2.75, 3.05) is 13.1 Å². The number of carbonyl (C=O) groups excluding carboxylic acids is 1. The molecule has 2 aromatic rings. The van der Waals surface area contributed by atoms with Gasteiger partial charge in [0.2, 0.25) is 5.91 Å². The van der Waals surface area contributed by atoms with E-state index in [1.54, 1.807) is 4.90 Å². The van der Waals surface area contributed by atoms with Gasteiger partial charge in [-0.25, -0.2) is 4.98 Å². The lowest BCUT2D eigenvalue weighted by molar-refractivity contribution is -0.141. The predicted molar refractivity (Wildman–Crippen MR) is 87.0 cm³/mol. The summed E-state index contributed by atoms with van der Waals surface area (Å²) < 4.78 is 38.2. The van der Waals surface area contributed by atoms with Gasteiger partial charge >= 0.3 is 6.18 Å². The van der Waals surface area contributed by atoms with Crippen molar-refractivity contribution in [2.45, 2.75) is 38.3 Å². The first-order valence-electron chi connectivity index (χ1n) is 8.29. The highest BCUT2D eigenvalue weighted by Gasteiger charge is 2.34. The number of halogens is 3. The first-order valence-corrected chi connectivity index (χ1v) is 8.29. The van der Waals surface area contributed by atoms with E-state index in [0.29, 0.717) is 25.3 Å². The third-order valence-corrected chi connectivity index (χ3v) is 4.66. The van der Waals surface area contributed by atoms with Crippen LogP contribution in [0.3, 0.4) is 0 Å². The number of imidazole rings is 1. The van der Waals surface area contributed by atoms with Gasteiger partial charge in [-0.15, -0.1) is 0 Å². The molecule has 4 nitrogen and oxygen atoms in total. The maximum Gasteiger partial charge on any atom is 0.432 e. The highest BCUT2D eigenvalue weighted by Crippen LogP contribution is 2.31. The molecule has 1 aliphatic rings. The van der Waals surface area contributed by atoms with Crippen molar-refractivity contribution in [2.24, 2.45) is 0 Å². The lowest BCUT2D eigenvalue weighted by atomic mass is 9.96. The van der Waals surface area contributed by atoms with Gasteiger partial charge in [0, 0.05) is 19.0 Å². The van der Waals surface area contributed by atoms with Crippen LogP contribution in [-0.4, -0.2) is 33.9 Å². The first kappa shape index (κ1) is 17.5. The number of carbonyl (C=O) groups is 1. The van der Waals surface area contributed by atoms with Gasteiger partial charge in [-0.05, 0) is 30.9 Å². The topological polar surface area (TPSA) is 49.0 Å². The largest absolute Gasteiger partial charge is 0.432 e. The smallest absolute Gasteiger partial charge is 0.342 e. The maximum absolute atomic E-state index is 12.7. The number of aromatic nitrogens is 2. The van der Waals surface area contributed by atoms with Crippen LogP contribution >= 0.6 is 0 Å². The number of aromatic amines is 1. The minimum absolute atomic E-state index is 0.00148. The molecule has 1 aromatic heterocycles. The molecule has 0 radical (unpaired) electrons. The Morgan fingerprint density at radius 1 is 1.36 bits per heavy atom. The number of piperidine rings is 1. The lowest BCUT2D eigenvalue weighted by Crippen LogP contribution is -2.40. The summed E-state index contributed by atoms with van der Waals surface area (Å²) in [5, 5.41) is 0. The maximum atomic E-state index is 12.7. The number of amides is 1. The Hall–Kier alpha value is -2.31. The zero-order valence-corrected chi connectivity index (χ0v) is 13.9. The fourth-order valence-electron chi connectivity index (χ4n) is 3.20. The van der Waals surface area contributed by atoms with Gasteiger partial charge in [0.05, 0.1) is 12.6 Å². The van der Waals surface area contributed by atoms with Crippen LogP contribution in [0.5, 0.6) is 0 Å². The molecule has 1 aliphatic heterocycles. The van der Waals surface area contributed by atoms with Gasteiger partial charge in [-0.1, -0.05) is 24.3 Å². The van der Waals surface area contributed by atoms with Crippen LogP contribution in [0.15, 0.2) is 30.5 Å². The summed E-state index contributed by atoms with van der Waals surface area (Å²) in [6.45, 7) is 2.99. The quantitative estimate of drug-likeness (QED) is 0.917. The highest BCUT2D eigenvalue weighted by atomic mass is 19.4. The monoisotopic (exact) mass is 351 g/mol. The number of hydrogen-bond acceptors (Lipinski definition) is 2. The molecule has 1 fully saturated rings. The summed E-state index contributed by atoms with van der Waals surface area (Å²) in [6.07, 6.45) is -1.82. The SMILES string of the molecule is Cc1ccccc1CC(=O)N1CCC[C@H](c2ncc(C(F)(F)F)[nH]2)C1. The minimum Gasteiger partial charge on any atom is -0.342 e. The molecule has 0 spiro atoms.